The molecule has 1 heterocycles. The first kappa shape index (κ1) is 27.2. The smallest absolute Gasteiger partial charge is 0.328 e. The number of carboxylic acids is 1. The molecule has 0 saturated heterocycles. The summed E-state index contributed by atoms with van der Waals surface area (Å²) < 4.78 is 1.30. The zero-order chi connectivity index (χ0) is 22.7. The van der Waals surface area contributed by atoms with Crippen LogP contribution in [0.25, 0.3) is 0 Å². The minimum absolute atomic E-state index is 0.239. The molecule has 1 rings (SSSR count). The molecule has 178 valence electrons. The summed E-state index contributed by atoms with van der Waals surface area (Å²) in [5.74, 6) is -1.21. The second-order valence-corrected chi connectivity index (χ2v) is 8.75. The van der Waals surface area contributed by atoms with E-state index in [-0.39, 0.29) is 11.6 Å². The molecule has 0 aliphatic heterocycles. The Bertz CT molecular complexity index is 601. The summed E-state index contributed by atoms with van der Waals surface area (Å²) in [6.07, 6.45) is 22.8. The number of carboxylic acid groups (broad SMARTS) is 1. The van der Waals surface area contributed by atoms with Gasteiger partial charge in [-0.25, -0.2) is 4.79 Å². The van der Waals surface area contributed by atoms with E-state index in [9.17, 15) is 9.59 Å². The van der Waals surface area contributed by atoms with Crippen LogP contribution in [0.15, 0.2) is 12.3 Å². The first-order valence-electron chi connectivity index (χ1n) is 12.6. The number of rotatable bonds is 20. The van der Waals surface area contributed by atoms with Gasteiger partial charge < -0.3 is 10.4 Å². The van der Waals surface area contributed by atoms with Crippen LogP contribution in [0.2, 0.25) is 0 Å². The lowest BCUT2D eigenvalue weighted by Crippen LogP contribution is -2.25. The van der Waals surface area contributed by atoms with Crippen molar-refractivity contribution < 1.29 is 14.7 Å². The molecule has 0 aliphatic carbocycles. The average Bonchev–Trinajstić information content (AvgIpc) is 3.25. The van der Waals surface area contributed by atoms with Gasteiger partial charge in [-0.05, 0) is 19.4 Å². The van der Waals surface area contributed by atoms with Crippen LogP contribution in [0, 0.1) is 0 Å². The molecule has 0 aliphatic rings. The molecular weight excluding hydrogens is 390 g/mol. The van der Waals surface area contributed by atoms with Gasteiger partial charge in [-0.1, -0.05) is 103 Å². The summed E-state index contributed by atoms with van der Waals surface area (Å²) in [5, 5.41) is 15.9. The van der Waals surface area contributed by atoms with Gasteiger partial charge in [-0.15, -0.1) is 0 Å². The van der Waals surface area contributed by atoms with Crippen molar-refractivity contribution in [2.75, 3.05) is 6.54 Å². The zero-order valence-electron chi connectivity index (χ0n) is 19.9. The van der Waals surface area contributed by atoms with E-state index in [1.807, 2.05) is 0 Å². The lowest BCUT2D eigenvalue weighted by molar-refractivity contribution is -0.140. The summed E-state index contributed by atoms with van der Waals surface area (Å²) in [4.78, 5) is 23.0. The average molecular weight is 436 g/mol. The quantitative estimate of drug-likeness (QED) is 0.228. The second kappa shape index (κ2) is 17.8. The largest absolute Gasteiger partial charge is 0.480 e. The molecule has 1 amide bonds. The van der Waals surface area contributed by atoms with Crippen molar-refractivity contribution in [1.82, 2.24) is 15.1 Å². The molecule has 1 atom stereocenters. The number of amides is 1. The summed E-state index contributed by atoms with van der Waals surface area (Å²) in [5.41, 5.74) is 0.268. The van der Waals surface area contributed by atoms with Gasteiger partial charge in [0.15, 0.2) is 0 Å². The van der Waals surface area contributed by atoms with E-state index in [0.717, 1.165) is 12.8 Å². The number of aromatic nitrogens is 2. The van der Waals surface area contributed by atoms with Crippen molar-refractivity contribution in [2.24, 2.45) is 0 Å². The number of unbranched alkanes of at least 4 members (excludes halogenated alkanes) is 15. The van der Waals surface area contributed by atoms with Crippen molar-refractivity contribution >= 4 is 11.9 Å². The Morgan fingerprint density at radius 2 is 1.32 bits per heavy atom. The van der Waals surface area contributed by atoms with Gasteiger partial charge in [0.05, 0.1) is 0 Å². The van der Waals surface area contributed by atoms with Crippen molar-refractivity contribution in [1.29, 1.82) is 0 Å². The molecule has 0 radical (unpaired) electrons. The standard InChI is InChI=1S/C25H45N3O3/c1-3-4-5-6-7-8-9-10-11-12-13-14-15-16-17-18-20-26-24(29)23-19-21-28(27-23)22(2)25(30)31/h19,21-22H,3-18,20H2,1-2H3,(H,26,29)(H,30,31). The van der Waals surface area contributed by atoms with Crippen LogP contribution in [-0.4, -0.2) is 33.3 Å². The fourth-order valence-electron chi connectivity index (χ4n) is 3.75. The predicted molar refractivity (Wildman–Crippen MR) is 126 cm³/mol. The molecule has 0 bridgehead atoms. The molecule has 2 N–H and O–H groups in total. The van der Waals surface area contributed by atoms with E-state index < -0.39 is 12.0 Å². The molecule has 0 aromatic carbocycles. The van der Waals surface area contributed by atoms with Crippen LogP contribution >= 0.6 is 0 Å². The Kier molecular flexibility index (Phi) is 15.6. The molecular formula is C25H45N3O3. The number of nitrogens with zero attached hydrogens (tertiary/aromatic N) is 2. The third-order valence-electron chi connectivity index (χ3n) is 5.91. The topological polar surface area (TPSA) is 84.2 Å². The van der Waals surface area contributed by atoms with E-state index in [1.54, 1.807) is 6.07 Å². The third kappa shape index (κ3) is 13.2. The van der Waals surface area contributed by atoms with E-state index in [4.69, 9.17) is 5.11 Å². The summed E-state index contributed by atoms with van der Waals surface area (Å²) >= 11 is 0. The van der Waals surface area contributed by atoms with Gasteiger partial charge in [-0.2, -0.15) is 5.10 Å². The molecule has 0 saturated carbocycles. The number of aliphatic carboxylic acids is 1. The third-order valence-corrected chi connectivity index (χ3v) is 5.91. The number of hydrogen-bond acceptors (Lipinski definition) is 3. The highest BCUT2D eigenvalue weighted by Crippen LogP contribution is 2.13. The van der Waals surface area contributed by atoms with Crippen molar-refractivity contribution in [3.05, 3.63) is 18.0 Å². The first-order chi connectivity index (χ1) is 15.1. The Morgan fingerprint density at radius 1 is 0.871 bits per heavy atom. The Hall–Kier alpha value is -1.85. The van der Waals surface area contributed by atoms with Gasteiger partial charge in [0.1, 0.15) is 11.7 Å². The maximum absolute atomic E-state index is 12.1. The van der Waals surface area contributed by atoms with Crippen molar-refractivity contribution in [3.8, 4) is 0 Å². The summed E-state index contributed by atoms with van der Waals surface area (Å²) in [7, 11) is 0. The van der Waals surface area contributed by atoms with Crippen LogP contribution in [0.5, 0.6) is 0 Å². The molecule has 6 nitrogen and oxygen atoms in total. The van der Waals surface area contributed by atoms with Crippen molar-refractivity contribution in [3.63, 3.8) is 0 Å². The minimum Gasteiger partial charge on any atom is -0.480 e. The summed E-state index contributed by atoms with van der Waals surface area (Å²) in [6.45, 7) is 4.44. The molecule has 0 fully saturated rings. The van der Waals surface area contributed by atoms with Gasteiger partial charge >= 0.3 is 5.97 Å². The van der Waals surface area contributed by atoms with Crippen LogP contribution in [0.3, 0.4) is 0 Å². The van der Waals surface area contributed by atoms with Crippen LogP contribution in [-0.2, 0) is 4.79 Å². The van der Waals surface area contributed by atoms with E-state index in [0.29, 0.717) is 6.54 Å². The zero-order valence-corrected chi connectivity index (χ0v) is 19.9. The lowest BCUT2D eigenvalue weighted by Gasteiger charge is -2.06. The second-order valence-electron chi connectivity index (χ2n) is 8.75. The molecule has 6 heteroatoms. The van der Waals surface area contributed by atoms with Gasteiger partial charge in [0, 0.05) is 12.7 Å². The van der Waals surface area contributed by atoms with E-state index >= 15 is 0 Å². The first-order valence-corrected chi connectivity index (χ1v) is 12.6. The normalized spacial score (nSPS) is 12.1. The fourth-order valence-corrected chi connectivity index (χ4v) is 3.75. The molecule has 1 aromatic rings. The van der Waals surface area contributed by atoms with Crippen LogP contribution in [0.4, 0.5) is 0 Å². The van der Waals surface area contributed by atoms with Crippen LogP contribution in [0.1, 0.15) is 133 Å². The van der Waals surface area contributed by atoms with E-state index in [2.05, 4.69) is 17.3 Å². The van der Waals surface area contributed by atoms with Crippen LogP contribution < -0.4 is 5.32 Å². The van der Waals surface area contributed by atoms with Crippen molar-refractivity contribution in [2.45, 2.75) is 123 Å². The summed E-state index contributed by atoms with van der Waals surface area (Å²) in [6, 6.07) is 0.782. The highest BCUT2D eigenvalue weighted by atomic mass is 16.4. The lowest BCUT2D eigenvalue weighted by atomic mass is 10.0. The molecule has 31 heavy (non-hydrogen) atoms. The Balaban J connectivity index is 1.88. The highest BCUT2D eigenvalue weighted by Gasteiger charge is 2.16. The van der Waals surface area contributed by atoms with E-state index in [1.165, 1.54) is 108 Å². The Morgan fingerprint density at radius 3 is 1.77 bits per heavy atom. The number of carbonyl (C=O) groups excluding carboxylic acids is 1. The minimum atomic E-state index is -0.969. The predicted octanol–water partition coefficient (Wildman–Crippen LogP) is 6.52. The van der Waals surface area contributed by atoms with Gasteiger partial charge in [0.25, 0.3) is 5.91 Å². The highest BCUT2D eigenvalue weighted by molar-refractivity contribution is 5.92. The molecule has 0 spiro atoms. The molecule has 1 aromatic heterocycles. The number of hydrogen-bond donors (Lipinski definition) is 2. The monoisotopic (exact) mass is 435 g/mol. The fraction of sp³-hybridized carbons (Fsp3) is 0.800. The maximum atomic E-state index is 12.1. The van der Waals surface area contributed by atoms with Gasteiger partial charge in [-0.3, -0.25) is 9.48 Å². The SMILES string of the molecule is CCCCCCCCCCCCCCCCCCNC(=O)c1ccn(C(C)C(=O)O)n1. The van der Waals surface area contributed by atoms with Gasteiger partial charge in [0.2, 0.25) is 0 Å². The number of nitrogens with one attached hydrogen (secondary N) is 1. The molecule has 1 unspecified atom stereocenters. The maximum Gasteiger partial charge on any atom is 0.328 e. The Labute approximate surface area is 189 Å². The number of carbonyl (C=O) groups is 2.